The second-order valence-electron chi connectivity index (χ2n) is 8.75. The summed E-state index contributed by atoms with van der Waals surface area (Å²) in [4.78, 5) is 19.8. The number of anilines is 1. The van der Waals surface area contributed by atoms with E-state index in [0.717, 1.165) is 18.4 Å². The standard InChI is InChI=1S/C25H25N5O3S2/c26-14-18-7-8-23(27-15-18)28-21-6-3-11-29(17-21)25(31)24-22(10-13-34-24)35(32,33)30-12-9-19-4-1-2-5-20(19)16-30/h1-2,4-5,7-8,10,13,15,21H,3,6,9,11-12,16-17H2,(H,27,28). The van der Waals surface area contributed by atoms with Gasteiger partial charge in [0.05, 0.1) is 5.56 Å². The number of rotatable bonds is 5. The number of pyridine rings is 1. The number of thiophene rings is 1. The molecule has 1 amide bonds. The van der Waals surface area contributed by atoms with Gasteiger partial charge < -0.3 is 10.2 Å². The van der Waals surface area contributed by atoms with Gasteiger partial charge in [0.2, 0.25) is 10.0 Å². The molecule has 1 N–H and O–H groups in total. The molecule has 1 unspecified atom stereocenters. The van der Waals surface area contributed by atoms with Crippen LogP contribution in [0, 0.1) is 11.3 Å². The maximum atomic E-state index is 13.5. The Morgan fingerprint density at radius 3 is 2.74 bits per heavy atom. The van der Waals surface area contributed by atoms with Crippen molar-refractivity contribution in [1.29, 1.82) is 5.26 Å². The molecule has 5 rings (SSSR count). The van der Waals surface area contributed by atoms with Crippen molar-refractivity contribution in [2.24, 2.45) is 0 Å². The van der Waals surface area contributed by atoms with Gasteiger partial charge in [0.15, 0.2) is 0 Å². The number of likely N-dealkylation sites (tertiary alicyclic amines) is 1. The second kappa shape index (κ2) is 9.77. The lowest BCUT2D eigenvalue weighted by atomic mass is 10.0. The normalized spacial score (nSPS) is 18.5. The lowest BCUT2D eigenvalue weighted by molar-refractivity contribution is 0.0716. The largest absolute Gasteiger partial charge is 0.366 e. The Labute approximate surface area is 208 Å². The molecule has 2 aromatic heterocycles. The summed E-state index contributed by atoms with van der Waals surface area (Å²) in [5.74, 6) is 0.392. The third-order valence-corrected chi connectivity index (χ3v) is 9.41. The zero-order chi connectivity index (χ0) is 24.4. The Bertz CT molecular complexity index is 1380. The summed E-state index contributed by atoms with van der Waals surface area (Å²) in [6.45, 7) is 1.74. The molecule has 3 aromatic rings. The topological polar surface area (TPSA) is 106 Å². The lowest BCUT2D eigenvalue weighted by Gasteiger charge is -2.33. The number of fused-ring (bicyclic) bond motifs is 1. The number of benzene rings is 1. The molecule has 2 aliphatic heterocycles. The molecule has 10 heteroatoms. The molecular formula is C25H25N5O3S2. The number of nitrogens with one attached hydrogen (secondary N) is 1. The molecule has 1 aromatic carbocycles. The van der Waals surface area contributed by atoms with Gasteiger partial charge in [0.1, 0.15) is 21.7 Å². The van der Waals surface area contributed by atoms with Crippen LogP contribution in [-0.2, 0) is 23.0 Å². The van der Waals surface area contributed by atoms with Gasteiger partial charge in [-0.25, -0.2) is 13.4 Å². The number of hydrogen-bond acceptors (Lipinski definition) is 7. The molecule has 2 aliphatic rings. The number of carbonyl (C=O) groups excluding carboxylic acids is 1. The minimum absolute atomic E-state index is 0.00764. The van der Waals surface area contributed by atoms with Crippen LogP contribution < -0.4 is 5.32 Å². The SMILES string of the molecule is N#Cc1ccc(NC2CCCN(C(=O)c3sccc3S(=O)(=O)N3CCc4ccccc4C3)C2)nc1. The first kappa shape index (κ1) is 23.5. The summed E-state index contributed by atoms with van der Waals surface area (Å²) in [6.07, 6.45) is 3.84. The molecule has 0 aliphatic carbocycles. The van der Waals surface area contributed by atoms with Crippen LogP contribution in [0.15, 0.2) is 58.9 Å². The number of nitriles is 1. The molecule has 1 saturated heterocycles. The number of carbonyl (C=O) groups is 1. The number of piperidine rings is 1. The first-order valence-corrected chi connectivity index (χ1v) is 13.8. The Balaban J connectivity index is 1.31. The van der Waals surface area contributed by atoms with E-state index in [4.69, 9.17) is 5.26 Å². The summed E-state index contributed by atoms with van der Waals surface area (Å²) < 4.78 is 28.6. The minimum atomic E-state index is -3.80. The molecule has 0 radical (unpaired) electrons. The predicted octanol–water partition coefficient (Wildman–Crippen LogP) is 3.48. The fourth-order valence-corrected chi connectivity index (χ4v) is 7.43. The van der Waals surface area contributed by atoms with Crippen molar-refractivity contribution in [1.82, 2.24) is 14.2 Å². The number of sulfonamides is 1. The molecule has 4 heterocycles. The molecule has 0 bridgehead atoms. The summed E-state index contributed by atoms with van der Waals surface area (Å²) in [5.41, 5.74) is 2.66. The van der Waals surface area contributed by atoms with Crippen molar-refractivity contribution >= 4 is 33.1 Å². The Morgan fingerprint density at radius 2 is 1.97 bits per heavy atom. The van der Waals surface area contributed by atoms with Crippen LogP contribution in [0.25, 0.3) is 0 Å². The average molecular weight is 508 g/mol. The van der Waals surface area contributed by atoms with E-state index in [2.05, 4.69) is 10.3 Å². The monoisotopic (exact) mass is 507 g/mol. The number of hydrogen-bond donors (Lipinski definition) is 1. The van der Waals surface area contributed by atoms with E-state index in [-0.39, 0.29) is 21.7 Å². The van der Waals surface area contributed by atoms with E-state index in [1.54, 1.807) is 28.5 Å². The van der Waals surface area contributed by atoms with Gasteiger partial charge in [-0.15, -0.1) is 11.3 Å². The highest BCUT2D eigenvalue weighted by molar-refractivity contribution is 7.89. The summed E-state index contributed by atoms with van der Waals surface area (Å²) in [7, 11) is -3.80. The van der Waals surface area contributed by atoms with Crippen LogP contribution >= 0.6 is 11.3 Å². The van der Waals surface area contributed by atoms with Crippen LogP contribution in [0.3, 0.4) is 0 Å². The Hall–Kier alpha value is -3.26. The first-order valence-electron chi connectivity index (χ1n) is 11.5. The molecule has 0 spiro atoms. The molecule has 1 atom stereocenters. The first-order chi connectivity index (χ1) is 17.0. The lowest BCUT2D eigenvalue weighted by Crippen LogP contribution is -2.45. The third kappa shape index (κ3) is 4.80. The van der Waals surface area contributed by atoms with Gasteiger partial charge in [0, 0.05) is 38.4 Å². The van der Waals surface area contributed by atoms with Crippen molar-refractivity contribution in [3.63, 3.8) is 0 Å². The van der Waals surface area contributed by atoms with Gasteiger partial charge in [-0.2, -0.15) is 9.57 Å². The second-order valence-corrected chi connectivity index (χ2v) is 11.6. The van der Waals surface area contributed by atoms with Crippen LogP contribution in [0.2, 0.25) is 0 Å². The molecule has 180 valence electrons. The molecular weight excluding hydrogens is 482 g/mol. The Morgan fingerprint density at radius 1 is 1.14 bits per heavy atom. The quantitative estimate of drug-likeness (QED) is 0.567. The van der Waals surface area contributed by atoms with Gasteiger partial charge in [-0.05, 0) is 54.0 Å². The highest BCUT2D eigenvalue weighted by Gasteiger charge is 2.34. The van der Waals surface area contributed by atoms with Gasteiger partial charge >= 0.3 is 0 Å². The molecule has 8 nitrogen and oxygen atoms in total. The average Bonchev–Trinajstić information content (AvgIpc) is 3.40. The van der Waals surface area contributed by atoms with E-state index < -0.39 is 10.0 Å². The van der Waals surface area contributed by atoms with Crippen LogP contribution in [0.4, 0.5) is 5.82 Å². The van der Waals surface area contributed by atoms with Gasteiger partial charge in [-0.1, -0.05) is 24.3 Å². The fourth-order valence-electron chi connectivity index (χ4n) is 4.65. The van der Waals surface area contributed by atoms with Crippen LogP contribution in [0.1, 0.15) is 39.2 Å². The maximum Gasteiger partial charge on any atom is 0.265 e. The molecule has 35 heavy (non-hydrogen) atoms. The van der Waals surface area contributed by atoms with Crippen molar-refractivity contribution in [3.05, 3.63) is 75.6 Å². The highest BCUT2D eigenvalue weighted by Crippen LogP contribution is 2.31. The maximum absolute atomic E-state index is 13.5. The number of nitrogens with zero attached hydrogens (tertiary/aromatic N) is 4. The Kier molecular flexibility index (Phi) is 6.56. The fraction of sp³-hybridized carbons (Fsp3) is 0.320. The summed E-state index contributed by atoms with van der Waals surface area (Å²) >= 11 is 1.18. The van der Waals surface area contributed by atoms with Gasteiger partial charge in [-0.3, -0.25) is 4.79 Å². The summed E-state index contributed by atoms with van der Waals surface area (Å²) in [6, 6.07) is 14.9. The predicted molar refractivity (Wildman–Crippen MR) is 134 cm³/mol. The summed E-state index contributed by atoms with van der Waals surface area (Å²) in [5, 5.41) is 14.0. The van der Waals surface area contributed by atoms with E-state index in [1.807, 2.05) is 30.3 Å². The van der Waals surface area contributed by atoms with E-state index >= 15 is 0 Å². The van der Waals surface area contributed by atoms with Crippen molar-refractivity contribution in [2.45, 2.75) is 36.7 Å². The number of amides is 1. The smallest absolute Gasteiger partial charge is 0.265 e. The third-order valence-electron chi connectivity index (χ3n) is 6.49. The van der Waals surface area contributed by atoms with E-state index in [0.29, 0.717) is 44.0 Å². The zero-order valence-corrected chi connectivity index (χ0v) is 20.7. The molecule has 1 fully saturated rings. The van der Waals surface area contributed by atoms with E-state index in [9.17, 15) is 13.2 Å². The van der Waals surface area contributed by atoms with Crippen molar-refractivity contribution in [2.75, 3.05) is 25.0 Å². The van der Waals surface area contributed by atoms with Crippen molar-refractivity contribution in [3.8, 4) is 6.07 Å². The number of aromatic nitrogens is 1. The highest BCUT2D eigenvalue weighted by atomic mass is 32.2. The van der Waals surface area contributed by atoms with Crippen LogP contribution in [0.5, 0.6) is 0 Å². The van der Waals surface area contributed by atoms with Gasteiger partial charge in [0.25, 0.3) is 5.91 Å². The van der Waals surface area contributed by atoms with Crippen molar-refractivity contribution < 1.29 is 13.2 Å². The van der Waals surface area contributed by atoms with E-state index in [1.165, 1.54) is 27.4 Å². The minimum Gasteiger partial charge on any atom is -0.366 e. The van der Waals surface area contributed by atoms with Crippen LogP contribution in [-0.4, -0.2) is 54.2 Å². The molecule has 0 saturated carbocycles. The zero-order valence-electron chi connectivity index (χ0n) is 19.1.